The van der Waals surface area contributed by atoms with Crippen molar-refractivity contribution in [3.63, 3.8) is 0 Å². The molecule has 0 radical (unpaired) electrons. The zero-order valence-corrected chi connectivity index (χ0v) is 19.4. The molecule has 2 aromatic rings. The van der Waals surface area contributed by atoms with Gasteiger partial charge < -0.3 is 30.3 Å². The molecule has 3 rings (SSSR count). The van der Waals surface area contributed by atoms with Crippen LogP contribution in [-0.4, -0.2) is 62.8 Å². The Morgan fingerprint density at radius 1 is 1.18 bits per heavy atom. The number of benzene rings is 2. The maximum Gasteiger partial charge on any atom is 0.323 e. The summed E-state index contributed by atoms with van der Waals surface area (Å²) in [6.45, 7) is 5.58. The number of fused-ring (bicyclic) bond motifs is 1. The monoisotopic (exact) mass is 458 g/mol. The second kappa shape index (κ2) is 11.1. The Labute approximate surface area is 193 Å². The highest BCUT2D eigenvalue weighted by molar-refractivity contribution is 6.01. The van der Waals surface area contributed by atoms with Crippen LogP contribution in [0.15, 0.2) is 42.5 Å². The molecule has 0 saturated carbocycles. The quantitative estimate of drug-likeness (QED) is 0.654. The van der Waals surface area contributed by atoms with Gasteiger partial charge >= 0.3 is 6.03 Å². The van der Waals surface area contributed by atoms with E-state index < -0.39 is 11.8 Å². The van der Waals surface area contributed by atoms with Crippen LogP contribution < -0.4 is 20.7 Å². The third kappa shape index (κ3) is 6.66. The van der Waals surface area contributed by atoms with Crippen molar-refractivity contribution in [2.24, 2.45) is 5.92 Å². The predicted octanol–water partition coefficient (Wildman–Crippen LogP) is 3.56. The van der Waals surface area contributed by atoms with Crippen molar-refractivity contribution in [3.8, 4) is 5.75 Å². The summed E-state index contributed by atoms with van der Waals surface area (Å²) >= 11 is 0. The summed E-state index contributed by atoms with van der Waals surface area (Å²) in [5.74, 6) is -0.0749. The number of likely N-dealkylation sites (N-methyl/N-ethyl adjacent to an activating group) is 1. The molecule has 9 heteroatoms. The number of hydrogen-bond acceptors (Lipinski definition) is 5. The molecule has 8 nitrogen and oxygen atoms in total. The molecule has 0 aliphatic carbocycles. The third-order valence-electron chi connectivity index (χ3n) is 5.57. The number of carbonyl (C=O) groups is 2. The van der Waals surface area contributed by atoms with E-state index in [1.54, 1.807) is 43.3 Å². The highest BCUT2D eigenvalue weighted by Crippen LogP contribution is 2.26. The number of rotatable bonds is 3. The van der Waals surface area contributed by atoms with Crippen molar-refractivity contribution < 1.29 is 23.5 Å². The number of urea groups is 1. The van der Waals surface area contributed by atoms with Gasteiger partial charge in [0.1, 0.15) is 18.2 Å². The molecular formula is C24H31FN4O4. The maximum atomic E-state index is 13.4. The van der Waals surface area contributed by atoms with Crippen molar-refractivity contribution in [1.82, 2.24) is 10.2 Å². The zero-order valence-electron chi connectivity index (χ0n) is 19.4. The second-order valence-electron chi connectivity index (χ2n) is 8.36. The van der Waals surface area contributed by atoms with E-state index in [2.05, 4.69) is 22.9 Å². The van der Waals surface area contributed by atoms with E-state index in [0.717, 1.165) is 6.54 Å². The number of halogens is 1. The lowest BCUT2D eigenvalue weighted by atomic mass is 10.0. The molecule has 0 spiro atoms. The fourth-order valence-corrected chi connectivity index (χ4v) is 3.59. The topological polar surface area (TPSA) is 91.9 Å². The lowest BCUT2D eigenvalue weighted by molar-refractivity contribution is 0.0281. The van der Waals surface area contributed by atoms with Crippen molar-refractivity contribution in [2.75, 3.05) is 44.5 Å². The van der Waals surface area contributed by atoms with Gasteiger partial charge in [0.15, 0.2) is 0 Å². The van der Waals surface area contributed by atoms with Gasteiger partial charge in [-0.1, -0.05) is 13.0 Å². The minimum Gasteiger partial charge on any atom is -0.491 e. The molecule has 3 atom stereocenters. The molecule has 1 aliphatic heterocycles. The lowest BCUT2D eigenvalue weighted by Crippen LogP contribution is -2.44. The van der Waals surface area contributed by atoms with Gasteiger partial charge in [0, 0.05) is 50.7 Å². The lowest BCUT2D eigenvalue weighted by Gasteiger charge is -2.30. The van der Waals surface area contributed by atoms with Crippen molar-refractivity contribution in [3.05, 3.63) is 53.8 Å². The van der Waals surface area contributed by atoms with Crippen LogP contribution in [0.5, 0.6) is 5.75 Å². The first kappa shape index (κ1) is 24.5. The van der Waals surface area contributed by atoms with Crippen molar-refractivity contribution in [2.45, 2.75) is 26.0 Å². The molecule has 1 heterocycles. The van der Waals surface area contributed by atoms with Crippen LogP contribution in [-0.2, 0) is 4.74 Å². The summed E-state index contributed by atoms with van der Waals surface area (Å²) in [5, 5.41) is 8.70. The van der Waals surface area contributed by atoms with E-state index in [-0.39, 0.29) is 24.0 Å². The smallest absolute Gasteiger partial charge is 0.323 e. The van der Waals surface area contributed by atoms with Crippen LogP contribution in [0.3, 0.4) is 0 Å². The Kier molecular flexibility index (Phi) is 8.24. The number of methoxy groups -OCH3 is 1. The van der Waals surface area contributed by atoms with Crippen molar-refractivity contribution in [1.29, 1.82) is 0 Å². The first-order valence-electron chi connectivity index (χ1n) is 10.9. The van der Waals surface area contributed by atoms with Gasteiger partial charge in [-0.3, -0.25) is 4.79 Å². The first-order chi connectivity index (χ1) is 15.8. The van der Waals surface area contributed by atoms with Crippen LogP contribution in [0.1, 0.15) is 24.2 Å². The van der Waals surface area contributed by atoms with Gasteiger partial charge in [0.2, 0.25) is 0 Å². The standard InChI is InChI=1S/C24H31FN4O4/c1-15-12-26-16(2)14-33-21-11-19(28-24(31)27-18-7-5-6-17(25)10-18)8-9-20(21)23(30)29(3)13-22(15)32-4/h5-11,15-16,22,26H,12-14H2,1-4H3,(H2,27,28,31)/t15-,16-,22+/m1/s1. The molecule has 0 saturated heterocycles. The van der Waals surface area contributed by atoms with Gasteiger partial charge in [-0.05, 0) is 43.2 Å². The average Bonchev–Trinajstić information content (AvgIpc) is 2.78. The van der Waals surface area contributed by atoms with Crippen LogP contribution in [0, 0.1) is 11.7 Å². The zero-order chi connectivity index (χ0) is 24.0. The number of nitrogens with one attached hydrogen (secondary N) is 3. The Balaban J connectivity index is 1.80. The van der Waals surface area contributed by atoms with Crippen LogP contribution in [0.4, 0.5) is 20.6 Å². The van der Waals surface area contributed by atoms with E-state index in [1.165, 1.54) is 18.2 Å². The van der Waals surface area contributed by atoms with Gasteiger partial charge in [-0.2, -0.15) is 0 Å². The van der Waals surface area contributed by atoms with E-state index in [0.29, 0.717) is 35.8 Å². The SMILES string of the molecule is CO[C@H]1CN(C)C(=O)c2ccc(NC(=O)Nc3cccc(F)c3)cc2OC[C@@H](C)NC[C@H]1C. The van der Waals surface area contributed by atoms with Gasteiger partial charge in [-0.25, -0.2) is 9.18 Å². The number of nitrogens with zero attached hydrogens (tertiary/aromatic N) is 1. The largest absolute Gasteiger partial charge is 0.491 e. The molecule has 3 N–H and O–H groups in total. The predicted molar refractivity (Wildman–Crippen MR) is 125 cm³/mol. The maximum absolute atomic E-state index is 13.4. The summed E-state index contributed by atoms with van der Waals surface area (Å²) < 4.78 is 25.0. The summed E-state index contributed by atoms with van der Waals surface area (Å²) in [6, 6.07) is 9.98. The van der Waals surface area contributed by atoms with E-state index >= 15 is 0 Å². The van der Waals surface area contributed by atoms with Crippen molar-refractivity contribution >= 4 is 23.3 Å². The second-order valence-corrected chi connectivity index (χ2v) is 8.36. The molecule has 3 amide bonds. The molecule has 178 valence electrons. The Hall–Kier alpha value is -3.17. The highest BCUT2D eigenvalue weighted by Gasteiger charge is 2.25. The first-order valence-corrected chi connectivity index (χ1v) is 10.9. The Bertz CT molecular complexity index is 987. The summed E-state index contributed by atoms with van der Waals surface area (Å²) in [4.78, 5) is 27.1. The Morgan fingerprint density at radius 3 is 2.61 bits per heavy atom. The van der Waals surface area contributed by atoms with Crippen LogP contribution >= 0.6 is 0 Å². The highest BCUT2D eigenvalue weighted by atomic mass is 19.1. The fourth-order valence-electron chi connectivity index (χ4n) is 3.59. The van der Waals surface area contributed by atoms with E-state index in [9.17, 15) is 14.0 Å². The number of hydrogen-bond donors (Lipinski definition) is 3. The van der Waals surface area contributed by atoms with Crippen LogP contribution in [0.25, 0.3) is 0 Å². The molecule has 0 aromatic heterocycles. The molecule has 0 unspecified atom stereocenters. The van der Waals surface area contributed by atoms with E-state index in [1.807, 2.05) is 6.92 Å². The minimum atomic E-state index is -0.538. The average molecular weight is 459 g/mol. The molecule has 0 fully saturated rings. The number of anilines is 2. The Morgan fingerprint density at radius 2 is 1.91 bits per heavy atom. The number of amides is 3. The molecule has 1 aliphatic rings. The normalized spacial score (nSPS) is 21.8. The third-order valence-corrected chi connectivity index (χ3v) is 5.57. The number of ether oxygens (including phenoxy) is 2. The van der Waals surface area contributed by atoms with E-state index in [4.69, 9.17) is 9.47 Å². The number of carbonyl (C=O) groups excluding carboxylic acids is 2. The van der Waals surface area contributed by atoms with Gasteiger partial charge in [0.05, 0.1) is 11.7 Å². The van der Waals surface area contributed by atoms with Gasteiger partial charge in [-0.15, -0.1) is 0 Å². The summed E-state index contributed by atoms with van der Waals surface area (Å²) in [5.41, 5.74) is 1.16. The molecule has 33 heavy (non-hydrogen) atoms. The summed E-state index contributed by atoms with van der Waals surface area (Å²) in [6.07, 6.45) is -0.116. The fraction of sp³-hybridized carbons (Fsp3) is 0.417. The van der Waals surface area contributed by atoms with Crippen LogP contribution in [0.2, 0.25) is 0 Å². The summed E-state index contributed by atoms with van der Waals surface area (Å²) in [7, 11) is 3.38. The molecule has 0 bridgehead atoms. The minimum absolute atomic E-state index is 0.0398. The van der Waals surface area contributed by atoms with Gasteiger partial charge in [0.25, 0.3) is 5.91 Å². The molecular weight excluding hydrogens is 427 g/mol. The molecule has 2 aromatic carbocycles.